The fraction of sp³-hybridized carbons (Fsp3) is 0.550. The zero-order valence-corrected chi connectivity index (χ0v) is 13.2. The van der Waals surface area contributed by atoms with Crippen LogP contribution in [0.1, 0.15) is 39.0 Å². The first-order valence-corrected chi connectivity index (χ1v) is 8.66. The zero-order chi connectivity index (χ0) is 15.1. The van der Waals surface area contributed by atoms with E-state index in [1.54, 1.807) is 11.1 Å². The van der Waals surface area contributed by atoms with Crippen molar-refractivity contribution in [2.45, 2.75) is 45.1 Å². The van der Waals surface area contributed by atoms with Crippen LogP contribution in [0.3, 0.4) is 0 Å². The largest absolute Gasteiger partial charge is 0.463 e. The Kier molecular flexibility index (Phi) is 3.56. The van der Waals surface area contributed by atoms with Gasteiger partial charge in [-0.05, 0) is 61.0 Å². The second-order valence-electron chi connectivity index (χ2n) is 7.18. The summed E-state index contributed by atoms with van der Waals surface area (Å²) in [4.78, 5) is 11.2. The summed E-state index contributed by atoms with van der Waals surface area (Å²) >= 11 is 0. The van der Waals surface area contributed by atoms with Crippen molar-refractivity contribution in [3.63, 3.8) is 0 Å². The van der Waals surface area contributed by atoms with Crippen molar-refractivity contribution in [1.29, 1.82) is 0 Å². The molecule has 1 fully saturated rings. The Hall–Kier alpha value is -1.57. The van der Waals surface area contributed by atoms with Gasteiger partial charge in [-0.3, -0.25) is 4.79 Å². The minimum absolute atomic E-state index is 0.131. The van der Waals surface area contributed by atoms with Gasteiger partial charge in [-0.25, -0.2) is 0 Å². The van der Waals surface area contributed by atoms with Gasteiger partial charge < -0.3 is 4.74 Å². The molecule has 0 spiro atoms. The van der Waals surface area contributed by atoms with Crippen LogP contribution in [0.25, 0.3) is 0 Å². The quantitative estimate of drug-likeness (QED) is 0.672. The lowest BCUT2D eigenvalue weighted by Gasteiger charge is -2.45. The van der Waals surface area contributed by atoms with Crippen LogP contribution in [0.4, 0.5) is 0 Å². The Morgan fingerprint density at radius 1 is 1.05 bits per heavy atom. The van der Waals surface area contributed by atoms with Crippen molar-refractivity contribution in [1.82, 2.24) is 0 Å². The van der Waals surface area contributed by atoms with Crippen molar-refractivity contribution >= 4 is 5.97 Å². The van der Waals surface area contributed by atoms with Crippen molar-refractivity contribution in [2.24, 2.45) is 23.7 Å². The molecule has 0 aliphatic heterocycles. The molecule has 0 saturated heterocycles. The van der Waals surface area contributed by atoms with Crippen LogP contribution in [0.15, 0.2) is 47.6 Å². The number of rotatable bonds is 1. The van der Waals surface area contributed by atoms with Gasteiger partial charge in [-0.1, -0.05) is 36.5 Å². The maximum absolute atomic E-state index is 11.2. The molecule has 1 saturated carbocycles. The van der Waals surface area contributed by atoms with Gasteiger partial charge in [0.15, 0.2) is 0 Å². The van der Waals surface area contributed by atoms with Crippen LogP contribution < -0.4 is 0 Å². The number of hydrogen-bond donors (Lipinski definition) is 0. The predicted octanol–water partition coefficient (Wildman–Crippen LogP) is 4.35. The van der Waals surface area contributed by atoms with Crippen LogP contribution in [0.5, 0.6) is 0 Å². The van der Waals surface area contributed by atoms with Gasteiger partial charge in [0.2, 0.25) is 0 Å². The molecule has 5 unspecified atom stereocenters. The Labute approximate surface area is 132 Å². The Morgan fingerprint density at radius 3 is 2.82 bits per heavy atom. The molecule has 116 valence electrons. The molecular weight excluding hydrogens is 272 g/mol. The molecule has 0 amide bonds. The predicted molar refractivity (Wildman–Crippen MR) is 87.0 cm³/mol. The summed E-state index contributed by atoms with van der Waals surface area (Å²) in [5.74, 6) is 2.56. The smallest absolute Gasteiger partial charge is 0.302 e. The van der Waals surface area contributed by atoms with Crippen molar-refractivity contribution in [3.05, 3.63) is 47.6 Å². The SMILES string of the molecule is CC(=O)OC1CCC2C(C=CC3=C4C=CC=CC4CCC32)C1. The average molecular weight is 296 g/mol. The standard InChI is InChI=1S/C20H24O2/c1-13(21)22-16-8-11-18-15(12-16)7-10-19-17-5-3-2-4-14(17)6-9-20(18)19/h2-5,7,10,14-16,18,20H,6,8-9,11-12H2,1H3. The van der Waals surface area contributed by atoms with Crippen LogP contribution >= 0.6 is 0 Å². The molecule has 22 heavy (non-hydrogen) atoms. The maximum atomic E-state index is 11.2. The highest BCUT2D eigenvalue weighted by molar-refractivity contribution is 5.66. The number of fused-ring (bicyclic) bond motifs is 4. The number of ether oxygens (including phenoxy) is 1. The van der Waals surface area contributed by atoms with Gasteiger partial charge in [-0.15, -0.1) is 0 Å². The molecule has 0 radical (unpaired) electrons. The average Bonchev–Trinajstić information content (AvgIpc) is 2.53. The summed E-state index contributed by atoms with van der Waals surface area (Å²) in [6, 6.07) is 0. The van der Waals surface area contributed by atoms with E-state index in [1.807, 2.05) is 0 Å². The van der Waals surface area contributed by atoms with Gasteiger partial charge in [0.25, 0.3) is 0 Å². The van der Waals surface area contributed by atoms with E-state index in [9.17, 15) is 4.79 Å². The molecule has 0 aromatic heterocycles. The maximum Gasteiger partial charge on any atom is 0.302 e. The topological polar surface area (TPSA) is 26.3 Å². The molecule has 0 bridgehead atoms. The molecule has 0 aromatic carbocycles. The van der Waals surface area contributed by atoms with E-state index in [0.717, 1.165) is 24.7 Å². The summed E-state index contributed by atoms with van der Waals surface area (Å²) in [5.41, 5.74) is 3.14. The van der Waals surface area contributed by atoms with Gasteiger partial charge in [0.05, 0.1) is 0 Å². The van der Waals surface area contributed by atoms with Gasteiger partial charge in [0, 0.05) is 12.8 Å². The van der Waals surface area contributed by atoms with Crippen LogP contribution in [0.2, 0.25) is 0 Å². The van der Waals surface area contributed by atoms with E-state index in [0.29, 0.717) is 11.8 Å². The number of carbonyl (C=O) groups excluding carboxylic acids is 1. The highest BCUT2D eigenvalue weighted by atomic mass is 16.5. The van der Waals surface area contributed by atoms with Gasteiger partial charge in [-0.2, -0.15) is 0 Å². The molecule has 0 aromatic rings. The van der Waals surface area contributed by atoms with E-state index < -0.39 is 0 Å². The van der Waals surface area contributed by atoms with E-state index in [-0.39, 0.29) is 12.1 Å². The summed E-state index contributed by atoms with van der Waals surface area (Å²) < 4.78 is 5.46. The second-order valence-corrected chi connectivity index (χ2v) is 7.18. The molecular formula is C20H24O2. The summed E-state index contributed by atoms with van der Waals surface area (Å²) in [5, 5.41) is 0. The zero-order valence-electron chi connectivity index (χ0n) is 13.2. The van der Waals surface area contributed by atoms with E-state index in [4.69, 9.17) is 4.74 Å². The third kappa shape index (κ3) is 2.39. The van der Waals surface area contributed by atoms with Gasteiger partial charge >= 0.3 is 5.97 Å². The molecule has 4 aliphatic rings. The Morgan fingerprint density at radius 2 is 1.95 bits per heavy atom. The molecule has 4 aliphatic carbocycles. The first-order chi connectivity index (χ1) is 10.7. The Balaban J connectivity index is 1.59. The third-order valence-electron chi connectivity index (χ3n) is 5.93. The lowest BCUT2D eigenvalue weighted by Crippen LogP contribution is -2.38. The molecule has 5 atom stereocenters. The molecule has 0 heterocycles. The summed E-state index contributed by atoms with van der Waals surface area (Å²) in [6.45, 7) is 1.52. The van der Waals surface area contributed by atoms with Crippen molar-refractivity contribution in [3.8, 4) is 0 Å². The number of carbonyl (C=O) groups is 1. The van der Waals surface area contributed by atoms with E-state index in [2.05, 4.69) is 36.5 Å². The molecule has 0 N–H and O–H groups in total. The van der Waals surface area contributed by atoms with Crippen molar-refractivity contribution in [2.75, 3.05) is 0 Å². The van der Waals surface area contributed by atoms with Gasteiger partial charge in [0.1, 0.15) is 6.10 Å². The summed E-state index contributed by atoms with van der Waals surface area (Å²) in [7, 11) is 0. The van der Waals surface area contributed by atoms with Crippen LogP contribution in [-0.4, -0.2) is 12.1 Å². The number of allylic oxidation sites excluding steroid dienone is 8. The first kappa shape index (κ1) is 14.0. The fourth-order valence-electron chi connectivity index (χ4n) is 5.02. The number of esters is 1. The third-order valence-corrected chi connectivity index (χ3v) is 5.93. The van der Waals surface area contributed by atoms with E-state index >= 15 is 0 Å². The first-order valence-electron chi connectivity index (χ1n) is 8.66. The lowest BCUT2D eigenvalue weighted by molar-refractivity contribution is -0.149. The highest BCUT2D eigenvalue weighted by Gasteiger charge is 2.41. The molecule has 4 rings (SSSR count). The van der Waals surface area contributed by atoms with E-state index in [1.165, 1.54) is 26.2 Å². The minimum atomic E-state index is -0.134. The van der Waals surface area contributed by atoms with Crippen LogP contribution in [-0.2, 0) is 9.53 Å². The molecule has 2 nitrogen and oxygen atoms in total. The summed E-state index contributed by atoms with van der Waals surface area (Å²) in [6.07, 6.45) is 19.8. The monoisotopic (exact) mass is 296 g/mol. The molecule has 2 heteroatoms. The number of hydrogen-bond acceptors (Lipinski definition) is 2. The Bertz CT molecular complexity index is 593. The van der Waals surface area contributed by atoms with Crippen molar-refractivity contribution < 1.29 is 9.53 Å². The van der Waals surface area contributed by atoms with Crippen LogP contribution in [0, 0.1) is 23.7 Å². The minimum Gasteiger partial charge on any atom is -0.463 e. The highest BCUT2D eigenvalue weighted by Crippen LogP contribution is 2.50. The fourth-order valence-corrected chi connectivity index (χ4v) is 5.02. The normalized spacial score (nSPS) is 39.0. The second kappa shape index (κ2) is 5.57. The lowest BCUT2D eigenvalue weighted by atomic mass is 9.61.